The van der Waals surface area contributed by atoms with Crippen molar-refractivity contribution >= 4 is 7.37 Å². The van der Waals surface area contributed by atoms with Gasteiger partial charge in [-0.3, -0.25) is 0 Å². The maximum Gasteiger partial charge on any atom is 1.00 e. The predicted molar refractivity (Wildman–Crippen MR) is 49.4 cm³/mol. The zero-order chi connectivity index (χ0) is 24.5. The van der Waals surface area contributed by atoms with Crippen molar-refractivity contribution in [1.29, 1.82) is 0 Å². The average molecular weight is 524 g/mol. The molecule has 0 fully saturated rings. The van der Waals surface area contributed by atoms with Crippen LogP contribution in [0.4, 0.5) is 79.0 Å². The number of rotatable bonds is 6. The molecule has 0 aliphatic carbocycles. The average Bonchev–Trinajstić information content (AvgIpc) is 2.43. The summed E-state index contributed by atoms with van der Waals surface area (Å²) in [5.41, 5.74) is -17.2. The molecule has 0 unspecified atom stereocenters. The normalized spacial score (nSPS) is 16.4. The van der Waals surface area contributed by atoms with Crippen molar-refractivity contribution in [1.82, 2.24) is 0 Å². The van der Waals surface area contributed by atoms with Crippen LogP contribution >= 0.6 is 7.37 Å². The summed E-state index contributed by atoms with van der Waals surface area (Å²) < 4.78 is 235. The van der Waals surface area contributed by atoms with Gasteiger partial charge in [0.1, 0.15) is 0 Å². The molecular weight excluding hydrogens is 524 g/mol. The third kappa shape index (κ3) is 3.91. The smallest absolute Gasteiger partial charge is 0.791 e. The molecule has 0 rings (SSSR count). The van der Waals surface area contributed by atoms with E-state index in [9.17, 15) is 88.5 Å². The molecule has 22 heteroatoms. The number of hydrogen-bond donors (Lipinski definition) is 0. The van der Waals surface area contributed by atoms with E-state index in [1.165, 1.54) is 0 Å². The molecule has 0 aromatic carbocycles. The monoisotopic (exact) mass is 524 g/mol. The van der Waals surface area contributed by atoms with E-state index < -0.39 is 54.7 Å². The van der Waals surface area contributed by atoms with Crippen molar-refractivity contribution in [3.63, 3.8) is 0 Å². The van der Waals surface area contributed by atoms with E-state index in [2.05, 4.69) is 0 Å². The SMILES string of the molecule is O=P([O-])(C(F)(F)C(F)(F)C(F)(F)C(F)(F)F)C(F)(F)C(F)(F)C(F)(F)C(F)(F)F.[Na+]. The quantitative estimate of drug-likeness (QED) is 0.305. The molecule has 0 spiro atoms. The first-order valence-corrected chi connectivity index (χ1v) is 7.34. The van der Waals surface area contributed by atoms with E-state index in [1.807, 2.05) is 0 Å². The van der Waals surface area contributed by atoms with Crippen molar-refractivity contribution in [3.05, 3.63) is 0 Å². The van der Waals surface area contributed by atoms with Gasteiger partial charge in [-0.1, -0.05) is 0 Å². The van der Waals surface area contributed by atoms with Gasteiger partial charge in [0.05, 0.1) is 0 Å². The molecule has 0 saturated heterocycles. The van der Waals surface area contributed by atoms with Gasteiger partial charge in [0, 0.05) is 0 Å². The summed E-state index contributed by atoms with van der Waals surface area (Å²) in [5.74, 6) is -33.7. The molecule has 30 heavy (non-hydrogen) atoms. The zero-order valence-corrected chi connectivity index (χ0v) is 16.0. The van der Waals surface area contributed by atoms with E-state index in [-0.39, 0.29) is 29.6 Å². The Morgan fingerprint density at radius 3 is 0.733 bits per heavy atom. The Labute approximate surface area is 173 Å². The molecule has 0 radical (unpaired) electrons. The molecule has 0 aliphatic heterocycles. The summed E-state index contributed by atoms with van der Waals surface area (Å²) >= 11 is 0. The van der Waals surface area contributed by atoms with Crippen molar-refractivity contribution in [2.75, 3.05) is 0 Å². The van der Waals surface area contributed by atoms with E-state index in [0.29, 0.717) is 0 Å². The number of hydrogen-bond acceptors (Lipinski definition) is 2. The van der Waals surface area contributed by atoms with E-state index in [0.717, 1.165) is 0 Å². The molecule has 0 N–H and O–H groups in total. The summed E-state index contributed by atoms with van der Waals surface area (Å²) in [4.78, 5) is 10.7. The van der Waals surface area contributed by atoms with Gasteiger partial charge >= 0.3 is 76.9 Å². The van der Waals surface area contributed by atoms with Crippen LogP contribution in [-0.4, -0.2) is 47.4 Å². The van der Waals surface area contributed by atoms with E-state index in [1.54, 1.807) is 0 Å². The van der Waals surface area contributed by atoms with Gasteiger partial charge in [-0.05, 0) is 0 Å². The van der Waals surface area contributed by atoms with Crippen molar-refractivity contribution in [2.24, 2.45) is 0 Å². The number of alkyl halides is 18. The summed E-state index contributed by atoms with van der Waals surface area (Å²) in [7, 11) is -10.1. The second-order valence-corrected chi connectivity index (χ2v) is 7.15. The summed E-state index contributed by atoms with van der Waals surface area (Å²) in [6, 6.07) is 0. The third-order valence-electron chi connectivity index (χ3n) is 3.00. The molecule has 0 aromatic rings. The Kier molecular flexibility index (Phi) is 8.31. The van der Waals surface area contributed by atoms with Gasteiger partial charge in [-0.15, -0.1) is 0 Å². The summed E-state index contributed by atoms with van der Waals surface area (Å²) in [6.45, 7) is 0. The molecule has 0 aromatic heterocycles. The van der Waals surface area contributed by atoms with Crippen LogP contribution in [0.3, 0.4) is 0 Å². The second-order valence-electron chi connectivity index (χ2n) is 4.93. The Balaban J connectivity index is 0. The molecule has 0 saturated carbocycles. The molecule has 0 atom stereocenters. The van der Waals surface area contributed by atoms with E-state index >= 15 is 0 Å². The van der Waals surface area contributed by atoms with Crippen LogP contribution in [-0.2, 0) is 4.57 Å². The maximum atomic E-state index is 13.1. The molecule has 0 amide bonds. The van der Waals surface area contributed by atoms with Gasteiger partial charge < -0.3 is 9.46 Å². The van der Waals surface area contributed by atoms with Crippen LogP contribution in [0.15, 0.2) is 0 Å². The molecule has 0 aliphatic rings. The maximum absolute atomic E-state index is 13.1. The van der Waals surface area contributed by atoms with Gasteiger partial charge in [-0.25, -0.2) is 0 Å². The van der Waals surface area contributed by atoms with Crippen LogP contribution in [0, 0.1) is 0 Å². The van der Waals surface area contributed by atoms with Crippen molar-refractivity contribution in [2.45, 2.75) is 47.4 Å². The summed E-state index contributed by atoms with van der Waals surface area (Å²) in [5, 5.41) is 0. The second kappa shape index (κ2) is 7.76. The Hall–Kier alpha value is -0.0700. The standard InChI is InChI=1S/C8HF18O2P.Na/c9-1(10,5(17,18)19)3(13,14)7(23,24)29(27,28)8(25,26)4(15,16)2(11,12)6(20,21)22;/h(H,27,28);/q;+1/p-1. The first-order chi connectivity index (χ1) is 12.0. The van der Waals surface area contributed by atoms with E-state index in [4.69, 9.17) is 0 Å². The molecule has 0 heterocycles. The minimum absolute atomic E-state index is 0. The van der Waals surface area contributed by atoms with Gasteiger partial charge in [0.15, 0.2) is 7.37 Å². The number of halogens is 18. The molecule has 0 bridgehead atoms. The van der Waals surface area contributed by atoms with Gasteiger partial charge in [0.25, 0.3) is 0 Å². The molecule has 2 nitrogen and oxygen atoms in total. The first kappa shape index (κ1) is 32.1. The van der Waals surface area contributed by atoms with Gasteiger partial charge in [0.2, 0.25) is 0 Å². The fourth-order valence-corrected chi connectivity index (χ4v) is 2.65. The minimum Gasteiger partial charge on any atom is -0.791 e. The third-order valence-corrected chi connectivity index (χ3v) is 5.04. The Bertz CT molecular complexity index is 623. The molecular formula is C8F18NaO2P. The van der Waals surface area contributed by atoms with Gasteiger partial charge in [-0.2, -0.15) is 79.0 Å². The van der Waals surface area contributed by atoms with Crippen LogP contribution < -0.4 is 34.5 Å². The predicted octanol–water partition coefficient (Wildman–Crippen LogP) is 2.48. The van der Waals surface area contributed by atoms with Crippen LogP contribution in [0.5, 0.6) is 0 Å². The molecule has 176 valence electrons. The van der Waals surface area contributed by atoms with Crippen LogP contribution in [0.1, 0.15) is 0 Å². The van der Waals surface area contributed by atoms with Crippen LogP contribution in [0.25, 0.3) is 0 Å². The van der Waals surface area contributed by atoms with Crippen LogP contribution in [0.2, 0.25) is 0 Å². The fourth-order valence-electron chi connectivity index (χ4n) is 1.28. The van der Waals surface area contributed by atoms with Crippen molar-refractivity contribution in [3.8, 4) is 0 Å². The first-order valence-electron chi connectivity index (χ1n) is 5.71. The summed E-state index contributed by atoms with van der Waals surface area (Å²) in [6.07, 6.45) is -15.7. The Morgan fingerprint density at radius 2 is 0.600 bits per heavy atom. The zero-order valence-electron chi connectivity index (χ0n) is 13.1. The van der Waals surface area contributed by atoms with Crippen molar-refractivity contribution < 1.29 is 118 Å². The largest absolute Gasteiger partial charge is 1.00 e. The Morgan fingerprint density at radius 1 is 0.433 bits per heavy atom. The fraction of sp³-hybridized carbons (Fsp3) is 1.00. The topological polar surface area (TPSA) is 40.1 Å². The minimum atomic E-state index is -10.1.